The summed E-state index contributed by atoms with van der Waals surface area (Å²) in [6.07, 6.45) is -2.33. The van der Waals surface area contributed by atoms with Crippen LogP contribution in [0.4, 0.5) is 8.78 Å². The lowest BCUT2D eigenvalue weighted by Crippen LogP contribution is -1.99. The van der Waals surface area contributed by atoms with Crippen molar-refractivity contribution in [2.75, 3.05) is 0 Å². The smallest absolute Gasteiger partial charge is 0.266 e. The van der Waals surface area contributed by atoms with Crippen molar-refractivity contribution < 1.29 is 13.6 Å². The van der Waals surface area contributed by atoms with E-state index in [2.05, 4.69) is 4.98 Å². The number of pyridine rings is 1. The maximum atomic E-state index is 12.3. The van der Waals surface area contributed by atoms with Crippen LogP contribution in [0.1, 0.15) is 28.0 Å². The van der Waals surface area contributed by atoms with Crippen LogP contribution in [-0.2, 0) is 5.88 Å². The van der Waals surface area contributed by atoms with Crippen molar-refractivity contribution in [3.63, 3.8) is 0 Å². The van der Waals surface area contributed by atoms with Gasteiger partial charge in [-0.25, -0.2) is 13.8 Å². The van der Waals surface area contributed by atoms with Gasteiger partial charge in [-0.2, -0.15) is 0 Å². The normalized spacial score (nSPS) is 10.6. The number of nitrogens with zero attached hydrogens (tertiary/aromatic N) is 1. The molecule has 0 bridgehead atoms. The number of rotatable bonds is 3. The fraction of sp³-hybridized carbons (Fsp3) is 0.250. The lowest BCUT2D eigenvalue weighted by atomic mass is 10.1. The summed E-state index contributed by atoms with van der Waals surface area (Å²) in [4.78, 5) is 14.1. The minimum atomic E-state index is -2.75. The third kappa shape index (κ3) is 2.19. The molecular formula is C8H5Cl2F2NO. The Kier molecular flexibility index (Phi) is 3.77. The molecule has 0 saturated heterocycles. The van der Waals surface area contributed by atoms with Gasteiger partial charge in [0.2, 0.25) is 0 Å². The lowest BCUT2D eigenvalue weighted by molar-refractivity contribution is 0.112. The molecule has 0 aliphatic heterocycles. The zero-order valence-corrected chi connectivity index (χ0v) is 8.32. The van der Waals surface area contributed by atoms with Crippen molar-refractivity contribution in [3.05, 3.63) is 28.0 Å². The summed E-state index contributed by atoms with van der Waals surface area (Å²) in [7, 11) is 0. The molecule has 1 heterocycles. The summed E-state index contributed by atoms with van der Waals surface area (Å²) in [6, 6.07) is 1.00. The van der Waals surface area contributed by atoms with Gasteiger partial charge in [-0.15, -0.1) is 11.6 Å². The van der Waals surface area contributed by atoms with Gasteiger partial charge in [-0.05, 0) is 6.07 Å². The molecule has 1 aromatic heterocycles. The first-order chi connectivity index (χ1) is 6.60. The molecule has 1 aromatic rings. The monoisotopic (exact) mass is 239 g/mol. The molecule has 2 nitrogen and oxygen atoms in total. The van der Waals surface area contributed by atoms with E-state index < -0.39 is 12.0 Å². The minimum Gasteiger partial charge on any atom is -0.298 e. The summed E-state index contributed by atoms with van der Waals surface area (Å²) in [6.45, 7) is 0. The number of alkyl halides is 3. The van der Waals surface area contributed by atoms with E-state index >= 15 is 0 Å². The molecule has 0 unspecified atom stereocenters. The second-order valence-electron chi connectivity index (χ2n) is 2.46. The molecule has 0 aromatic carbocycles. The number of aldehydes is 1. The maximum Gasteiger partial charge on any atom is 0.266 e. The molecule has 0 fully saturated rings. The third-order valence-corrected chi connectivity index (χ3v) is 2.16. The quantitative estimate of drug-likeness (QED) is 0.461. The van der Waals surface area contributed by atoms with Crippen LogP contribution < -0.4 is 0 Å². The van der Waals surface area contributed by atoms with Gasteiger partial charge < -0.3 is 0 Å². The molecule has 14 heavy (non-hydrogen) atoms. The van der Waals surface area contributed by atoms with E-state index in [-0.39, 0.29) is 22.3 Å². The first-order valence-corrected chi connectivity index (χ1v) is 4.50. The standard InChI is InChI=1S/C8H5Cl2F2NO/c9-2-6-4(3-14)1-5(8(11)12)7(10)13-6/h1,3,8H,2H2. The predicted molar refractivity (Wildman–Crippen MR) is 49.1 cm³/mol. The van der Waals surface area contributed by atoms with E-state index in [1.54, 1.807) is 0 Å². The van der Waals surface area contributed by atoms with Crippen molar-refractivity contribution in [3.8, 4) is 0 Å². The summed E-state index contributed by atoms with van der Waals surface area (Å²) in [5.74, 6) is -0.0443. The van der Waals surface area contributed by atoms with Gasteiger partial charge in [0, 0.05) is 5.56 Å². The molecule has 0 spiro atoms. The fourth-order valence-corrected chi connectivity index (χ4v) is 1.37. The highest BCUT2D eigenvalue weighted by Crippen LogP contribution is 2.27. The summed E-state index contributed by atoms with van der Waals surface area (Å²) in [5.41, 5.74) is -0.210. The first kappa shape index (κ1) is 11.3. The van der Waals surface area contributed by atoms with Crippen LogP contribution in [0.15, 0.2) is 6.07 Å². The van der Waals surface area contributed by atoms with Crippen LogP contribution in [0.5, 0.6) is 0 Å². The Morgan fingerprint density at radius 1 is 1.57 bits per heavy atom. The van der Waals surface area contributed by atoms with Gasteiger partial charge in [-0.3, -0.25) is 4.79 Å². The Bertz CT molecular complexity index is 357. The van der Waals surface area contributed by atoms with E-state index in [0.29, 0.717) is 6.29 Å². The summed E-state index contributed by atoms with van der Waals surface area (Å²) < 4.78 is 24.6. The Morgan fingerprint density at radius 3 is 2.64 bits per heavy atom. The number of halogens is 4. The summed E-state index contributed by atoms with van der Waals surface area (Å²) >= 11 is 10.9. The average molecular weight is 240 g/mol. The SMILES string of the molecule is O=Cc1cc(C(F)F)c(Cl)nc1CCl. The van der Waals surface area contributed by atoms with Crippen molar-refractivity contribution in [2.45, 2.75) is 12.3 Å². The molecule has 0 aliphatic carbocycles. The molecule has 0 radical (unpaired) electrons. The Hall–Kier alpha value is -0.740. The number of carbonyl (C=O) groups excluding carboxylic acids is 1. The second kappa shape index (κ2) is 4.66. The third-order valence-electron chi connectivity index (χ3n) is 1.60. The molecular weight excluding hydrogens is 235 g/mol. The molecule has 76 valence electrons. The molecule has 0 amide bonds. The number of aromatic nitrogens is 1. The molecule has 0 N–H and O–H groups in total. The van der Waals surface area contributed by atoms with Gasteiger partial charge >= 0.3 is 0 Å². The van der Waals surface area contributed by atoms with Gasteiger partial charge in [0.1, 0.15) is 5.15 Å². The molecule has 0 atom stereocenters. The van der Waals surface area contributed by atoms with Crippen LogP contribution in [0.2, 0.25) is 5.15 Å². The Balaban J connectivity index is 3.30. The Labute approximate surface area is 88.8 Å². The van der Waals surface area contributed by atoms with Crippen LogP contribution in [-0.4, -0.2) is 11.3 Å². The van der Waals surface area contributed by atoms with Gasteiger partial charge in [0.05, 0.1) is 17.1 Å². The van der Waals surface area contributed by atoms with E-state index in [1.807, 2.05) is 0 Å². The van der Waals surface area contributed by atoms with Crippen molar-refractivity contribution in [1.82, 2.24) is 4.98 Å². The largest absolute Gasteiger partial charge is 0.298 e. The van der Waals surface area contributed by atoms with Crippen molar-refractivity contribution in [2.24, 2.45) is 0 Å². The first-order valence-electron chi connectivity index (χ1n) is 3.58. The fourth-order valence-electron chi connectivity index (χ4n) is 0.920. The van der Waals surface area contributed by atoms with E-state index in [1.165, 1.54) is 0 Å². The van der Waals surface area contributed by atoms with E-state index in [4.69, 9.17) is 23.2 Å². The highest BCUT2D eigenvalue weighted by molar-refractivity contribution is 6.30. The Morgan fingerprint density at radius 2 is 2.21 bits per heavy atom. The lowest BCUT2D eigenvalue weighted by Gasteiger charge is -2.06. The van der Waals surface area contributed by atoms with Crippen molar-refractivity contribution >= 4 is 29.5 Å². The summed E-state index contributed by atoms with van der Waals surface area (Å²) in [5, 5.41) is -0.318. The molecule has 6 heteroatoms. The topological polar surface area (TPSA) is 30.0 Å². The molecule has 1 rings (SSSR count). The maximum absolute atomic E-state index is 12.3. The zero-order chi connectivity index (χ0) is 10.7. The van der Waals surface area contributed by atoms with Crippen LogP contribution in [0.25, 0.3) is 0 Å². The van der Waals surface area contributed by atoms with Gasteiger partial charge in [0.15, 0.2) is 6.29 Å². The van der Waals surface area contributed by atoms with Gasteiger partial charge in [0.25, 0.3) is 6.43 Å². The minimum absolute atomic E-state index is 0.0414. The van der Waals surface area contributed by atoms with E-state index in [0.717, 1.165) is 6.07 Å². The van der Waals surface area contributed by atoms with Crippen LogP contribution in [0.3, 0.4) is 0 Å². The van der Waals surface area contributed by atoms with E-state index in [9.17, 15) is 13.6 Å². The highest BCUT2D eigenvalue weighted by atomic mass is 35.5. The molecule has 0 saturated carbocycles. The highest BCUT2D eigenvalue weighted by Gasteiger charge is 2.16. The van der Waals surface area contributed by atoms with Gasteiger partial charge in [-0.1, -0.05) is 11.6 Å². The predicted octanol–water partition coefficient (Wildman–Crippen LogP) is 3.22. The second-order valence-corrected chi connectivity index (χ2v) is 3.08. The number of hydrogen-bond acceptors (Lipinski definition) is 2. The number of carbonyl (C=O) groups is 1. The number of hydrogen-bond donors (Lipinski definition) is 0. The van der Waals surface area contributed by atoms with Crippen LogP contribution >= 0.6 is 23.2 Å². The zero-order valence-electron chi connectivity index (χ0n) is 6.81. The molecule has 0 aliphatic rings. The average Bonchev–Trinajstić information content (AvgIpc) is 2.16. The van der Waals surface area contributed by atoms with Crippen molar-refractivity contribution in [1.29, 1.82) is 0 Å². The van der Waals surface area contributed by atoms with Crippen LogP contribution in [0, 0.1) is 0 Å².